The molecule has 0 unspecified atom stereocenters. The zero-order chi connectivity index (χ0) is 23.4. The smallest absolute Gasteiger partial charge is 0.248 e. The Morgan fingerprint density at radius 3 is 2.48 bits per heavy atom. The number of hydrogen-bond donors (Lipinski definition) is 1. The van der Waals surface area contributed by atoms with E-state index in [0.717, 1.165) is 11.1 Å². The fraction of sp³-hybridized carbons (Fsp3) is 0.292. The maximum absolute atomic E-state index is 13.4. The van der Waals surface area contributed by atoms with Gasteiger partial charge in [-0.1, -0.05) is 47.1 Å². The van der Waals surface area contributed by atoms with Gasteiger partial charge in [0.15, 0.2) is 10.7 Å². The molecule has 1 aliphatic heterocycles. The molecule has 1 amide bonds. The summed E-state index contributed by atoms with van der Waals surface area (Å²) in [7, 11) is -3.82. The number of aromatic nitrogens is 2. The summed E-state index contributed by atoms with van der Waals surface area (Å²) < 4.78 is 33.5. The molecule has 1 aromatic carbocycles. The van der Waals surface area contributed by atoms with Crippen LogP contribution in [0.15, 0.2) is 58.1 Å². The van der Waals surface area contributed by atoms with Gasteiger partial charge in [-0.2, -0.15) is 4.31 Å². The Labute approximate surface area is 193 Å². The largest absolute Gasteiger partial charge is 0.355 e. The zero-order valence-electron chi connectivity index (χ0n) is 18.6. The number of hydrogen-bond acceptors (Lipinski definition) is 6. The second-order valence-electron chi connectivity index (χ2n) is 8.09. The average molecular weight is 467 g/mol. The number of carbonyl (C=O) groups is 1. The number of rotatable bonds is 6. The average Bonchev–Trinajstić information content (AvgIpc) is 3.20. The monoisotopic (exact) mass is 466 g/mol. The summed E-state index contributed by atoms with van der Waals surface area (Å²) in [6.07, 6.45) is 5.89. The lowest BCUT2D eigenvalue weighted by Crippen LogP contribution is -2.41. The number of amides is 1. The van der Waals surface area contributed by atoms with E-state index in [1.54, 1.807) is 43.5 Å². The predicted molar refractivity (Wildman–Crippen MR) is 126 cm³/mol. The normalized spacial score (nSPS) is 15.7. The molecule has 1 aliphatic rings. The van der Waals surface area contributed by atoms with Crippen LogP contribution in [-0.4, -0.2) is 41.9 Å². The maximum atomic E-state index is 13.4. The van der Waals surface area contributed by atoms with Crippen molar-refractivity contribution in [1.29, 1.82) is 0 Å². The molecule has 0 radical (unpaired) electrons. The Morgan fingerprint density at radius 2 is 1.82 bits per heavy atom. The Bertz CT molecular complexity index is 1240. The van der Waals surface area contributed by atoms with Gasteiger partial charge in [0.05, 0.1) is 0 Å². The number of nitrogens with zero attached hydrogens (tertiary/aromatic N) is 3. The fourth-order valence-electron chi connectivity index (χ4n) is 3.80. The standard InChI is InChI=1S/C24H26N4O4S/c1-17-6-8-19(9-7-17)10-11-21-23(18(2)27-32-21)33(30,31)28-15-12-20(13-16-28)24(29)26-22-5-3-4-14-25-22/h3-11,14,20H,12-13,15-16H2,1-2H3,(H,25,26,29)/b11-10+. The van der Waals surface area contributed by atoms with Gasteiger partial charge in [0, 0.05) is 25.2 Å². The molecule has 2 aromatic heterocycles. The summed E-state index contributed by atoms with van der Waals surface area (Å²) in [6, 6.07) is 13.2. The molecule has 172 valence electrons. The van der Waals surface area contributed by atoms with Crippen molar-refractivity contribution in [3.63, 3.8) is 0 Å². The summed E-state index contributed by atoms with van der Waals surface area (Å²) >= 11 is 0. The Kier molecular flexibility index (Phi) is 6.71. The number of anilines is 1. The Morgan fingerprint density at radius 1 is 1.09 bits per heavy atom. The Balaban J connectivity index is 1.45. The first-order valence-corrected chi connectivity index (χ1v) is 12.2. The molecule has 3 aromatic rings. The maximum Gasteiger partial charge on any atom is 0.248 e. The summed E-state index contributed by atoms with van der Waals surface area (Å²) in [5.41, 5.74) is 2.38. The second kappa shape index (κ2) is 9.68. The van der Waals surface area contributed by atoms with E-state index in [1.807, 2.05) is 31.2 Å². The molecule has 0 bridgehead atoms. The molecule has 1 fully saturated rings. The highest BCUT2D eigenvalue weighted by Crippen LogP contribution is 2.29. The van der Waals surface area contributed by atoms with Crippen molar-refractivity contribution in [2.75, 3.05) is 18.4 Å². The molecule has 0 spiro atoms. The van der Waals surface area contributed by atoms with E-state index in [-0.39, 0.29) is 35.6 Å². The molecule has 0 saturated carbocycles. The highest BCUT2D eigenvalue weighted by Gasteiger charge is 2.36. The van der Waals surface area contributed by atoms with Crippen molar-refractivity contribution in [1.82, 2.24) is 14.4 Å². The van der Waals surface area contributed by atoms with E-state index in [1.165, 1.54) is 4.31 Å². The van der Waals surface area contributed by atoms with Gasteiger partial charge < -0.3 is 9.84 Å². The number of benzene rings is 1. The van der Waals surface area contributed by atoms with Gasteiger partial charge in [0.1, 0.15) is 11.5 Å². The number of nitrogens with one attached hydrogen (secondary N) is 1. The first kappa shape index (κ1) is 22.9. The third kappa shape index (κ3) is 5.20. The summed E-state index contributed by atoms with van der Waals surface area (Å²) in [6.45, 7) is 4.11. The molecule has 0 aliphatic carbocycles. The summed E-state index contributed by atoms with van der Waals surface area (Å²) in [5.74, 6) is 0.266. The summed E-state index contributed by atoms with van der Waals surface area (Å²) in [5, 5.41) is 6.69. The van der Waals surface area contributed by atoms with Crippen molar-refractivity contribution in [3.05, 3.63) is 71.2 Å². The van der Waals surface area contributed by atoms with Crippen LogP contribution < -0.4 is 5.32 Å². The minimum absolute atomic E-state index is 0.0715. The number of carbonyl (C=O) groups excluding carboxylic acids is 1. The molecule has 9 heteroatoms. The second-order valence-corrected chi connectivity index (χ2v) is 9.96. The highest BCUT2D eigenvalue weighted by atomic mass is 32.2. The molecule has 3 heterocycles. The van der Waals surface area contributed by atoms with E-state index < -0.39 is 10.0 Å². The number of pyridine rings is 1. The molecule has 1 N–H and O–H groups in total. The van der Waals surface area contributed by atoms with Crippen molar-refractivity contribution in [2.24, 2.45) is 5.92 Å². The van der Waals surface area contributed by atoms with Crippen molar-refractivity contribution in [2.45, 2.75) is 31.6 Å². The van der Waals surface area contributed by atoms with Crippen LogP contribution in [0.5, 0.6) is 0 Å². The minimum Gasteiger partial charge on any atom is -0.355 e. The van der Waals surface area contributed by atoms with E-state index in [2.05, 4.69) is 15.5 Å². The first-order chi connectivity index (χ1) is 15.8. The number of sulfonamides is 1. The van der Waals surface area contributed by atoms with Gasteiger partial charge in [0.2, 0.25) is 15.9 Å². The van der Waals surface area contributed by atoms with Crippen LogP contribution in [0.25, 0.3) is 12.2 Å². The quantitative estimate of drug-likeness (QED) is 0.591. The first-order valence-electron chi connectivity index (χ1n) is 10.8. The van der Waals surface area contributed by atoms with E-state index in [4.69, 9.17) is 4.52 Å². The van der Waals surface area contributed by atoms with Crippen LogP contribution in [0.1, 0.15) is 35.4 Å². The lowest BCUT2D eigenvalue weighted by molar-refractivity contribution is -0.120. The number of aryl methyl sites for hydroxylation is 2. The van der Waals surface area contributed by atoms with Crippen LogP contribution >= 0.6 is 0 Å². The van der Waals surface area contributed by atoms with Gasteiger partial charge >= 0.3 is 0 Å². The van der Waals surface area contributed by atoms with E-state index in [0.29, 0.717) is 24.4 Å². The molecule has 8 nitrogen and oxygen atoms in total. The molecular formula is C24H26N4O4S. The van der Waals surface area contributed by atoms with Gasteiger partial charge in [-0.05, 0) is 50.5 Å². The Hall–Kier alpha value is -3.30. The molecule has 0 atom stereocenters. The van der Waals surface area contributed by atoms with Gasteiger partial charge in [0.25, 0.3) is 0 Å². The van der Waals surface area contributed by atoms with Crippen molar-refractivity contribution < 1.29 is 17.7 Å². The molecule has 4 rings (SSSR count). The lowest BCUT2D eigenvalue weighted by atomic mass is 9.97. The zero-order valence-corrected chi connectivity index (χ0v) is 19.4. The molecule has 33 heavy (non-hydrogen) atoms. The summed E-state index contributed by atoms with van der Waals surface area (Å²) in [4.78, 5) is 16.7. The lowest BCUT2D eigenvalue weighted by Gasteiger charge is -2.30. The molecular weight excluding hydrogens is 440 g/mol. The van der Waals surface area contributed by atoms with Crippen LogP contribution in [0.2, 0.25) is 0 Å². The van der Waals surface area contributed by atoms with Crippen LogP contribution in [0, 0.1) is 19.8 Å². The third-order valence-electron chi connectivity index (χ3n) is 5.68. The fourth-order valence-corrected chi connectivity index (χ4v) is 5.52. The number of piperidine rings is 1. The van der Waals surface area contributed by atoms with E-state index >= 15 is 0 Å². The van der Waals surface area contributed by atoms with E-state index in [9.17, 15) is 13.2 Å². The van der Waals surface area contributed by atoms with Gasteiger partial charge in [-0.3, -0.25) is 4.79 Å². The van der Waals surface area contributed by atoms with Crippen molar-refractivity contribution in [3.8, 4) is 0 Å². The minimum atomic E-state index is -3.82. The predicted octanol–water partition coefficient (Wildman–Crippen LogP) is 3.90. The van der Waals surface area contributed by atoms with Crippen LogP contribution in [0.4, 0.5) is 5.82 Å². The third-order valence-corrected chi connectivity index (χ3v) is 7.73. The highest BCUT2D eigenvalue weighted by molar-refractivity contribution is 7.89. The van der Waals surface area contributed by atoms with Crippen LogP contribution in [0.3, 0.4) is 0 Å². The van der Waals surface area contributed by atoms with Crippen LogP contribution in [-0.2, 0) is 14.8 Å². The SMILES string of the molecule is Cc1ccc(/C=C/c2onc(C)c2S(=O)(=O)N2CCC(C(=O)Nc3ccccn3)CC2)cc1. The van der Waals surface area contributed by atoms with Gasteiger partial charge in [-0.25, -0.2) is 13.4 Å². The topological polar surface area (TPSA) is 105 Å². The molecule has 1 saturated heterocycles. The van der Waals surface area contributed by atoms with Crippen molar-refractivity contribution >= 4 is 33.9 Å². The van der Waals surface area contributed by atoms with Gasteiger partial charge in [-0.15, -0.1) is 0 Å².